The zero-order valence-electron chi connectivity index (χ0n) is 13.4. The van der Waals surface area contributed by atoms with Gasteiger partial charge in [0.15, 0.2) is 0 Å². The molecule has 0 radical (unpaired) electrons. The Bertz CT molecular complexity index is 646. The van der Waals surface area contributed by atoms with E-state index in [0.29, 0.717) is 24.4 Å². The van der Waals surface area contributed by atoms with Crippen LogP contribution in [0, 0.1) is 17.2 Å². The molecule has 1 aromatic carbocycles. The number of likely N-dealkylation sites (tertiary alicyclic amines) is 2. The van der Waals surface area contributed by atoms with Crippen LogP contribution in [0.5, 0.6) is 0 Å². The van der Waals surface area contributed by atoms with Crippen molar-refractivity contribution >= 4 is 5.91 Å². The van der Waals surface area contributed by atoms with E-state index in [2.05, 4.69) is 21.9 Å². The van der Waals surface area contributed by atoms with Gasteiger partial charge >= 0.3 is 0 Å². The lowest BCUT2D eigenvalue weighted by atomic mass is 9.95. The maximum atomic E-state index is 12.3. The monoisotopic (exact) mass is 309 g/mol. The zero-order chi connectivity index (χ0) is 15.8. The molecule has 3 aliphatic rings. The van der Waals surface area contributed by atoms with Gasteiger partial charge in [-0.3, -0.25) is 9.69 Å². The highest BCUT2D eigenvalue weighted by molar-refractivity contribution is 5.77. The van der Waals surface area contributed by atoms with Crippen LogP contribution >= 0.6 is 0 Å². The van der Waals surface area contributed by atoms with Crippen molar-refractivity contribution in [3.8, 4) is 6.07 Å². The molecule has 1 saturated carbocycles. The number of piperidine rings is 1. The summed E-state index contributed by atoms with van der Waals surface area (Å²) in [5.41, 5.74) is 1.93. The quantitative estimate of drug-likeness (QED) is 0.858. The standard InChI is InChI=1S/C19H23N3O/c20-11-15-2-1-3-16(10-15)12-21-9-8-18-17(21)6-7-19(23)22(18)13-14-4-5-14/h1-3,10,14,17-18H,4-9,12-13H2/t17-,18-/m0/s1. The fourth-order valence-corrected chi connectivity index (χ4v) is 4.22. The Balaban J connectivity index is 1.47. The van der Waals surface area contributed by atoms with Gasteiger partial charge in [-0.2, -0.15) is 5.26 Å². The van der Waals surface area contributed by atoms with Gasteiger partial charge in [0.05, 0.1) is 11.6 Å². The van der Waals surface area contributed by atoms with Crippen LogP contribution in [-0.4, -0.2) is 40.9 Å². The normalized spacial score (nSPS) is 27.8. The van der Waals surface area contributed by atoms with Gasteiger partial charge in [-0.25, -0.2) is 0 Å². The average Bonchev–Trinajstić information content (AvgIpc) is 3.30. The predicted molar refractivity (Wildman–Crippen MR) is 87.4 cm³/mol. The second-order valence-electron chi connectivity index (χ2n) is 7.23. The molecule has 2 atom stereocenters. The van der Waals surface area contributed by atoms with E-state index in [9.17, 15) is 4.79 Å². The minimum atomic E-state index is 0.367. The molecule has 0 bridgehead atoms. The highest BCUT2D eigenvalue weighted by atomic mass is 16.2. The summed E-state index contributed by atoms with van der Waals surface area (Å²) in [7, 11) is 0. The van der Waals surface area contributed by atoms with Crippen molar-refractivity contribution in [3.63, 3.8) is 0 Å². The van der Waals surface area contributed by atoms with E-state index in [1.54, 1.807) is 0 Å². The first-order valence-corrected chi connectivity index (χ1v) is 8.77. The zero-order valence-corrected chi connectivity index (χ0v) is 13.4. The lowest BCUT2D eigenvalue weighted by Gasteiger charge is -2.40. The second kappa shape index (κ2) is 5.98. The maximum absolute atomic E-state index is 12.3. The van der Waals surface area contributed by atoms with E-state index in [1.807, 2.05) is 18.2 Å². The van der Waals surface area contributed by atoms with Crippen LogP contribution in [0.1, 0.15) is 43.2 Å². The van der Waals surface area contributed by atoms with Gasteiger partial charge in [-0.1, -0.05) is 12.1 Å². The molecule has 0 unspecified atom stereocenters. The minimum absolute atomic E-state index is 0.367. The molecular formula is C19H23N3O. The second-order valence-corrected chi connectivity index (χ2v) is 7.23. The third-order valence-electron chi connectivity index (χ3n) is 5.59. The summed E-state index contributed by atoms with van der Waals surface area (Å²) >= 11 is 0. The maximum Gasteiger partial charge on any atom is 0.222 e. The fourth-order valence-electron chi connectivity index (χ4n) is 4.22. The van der Waals surface area contributed by atoms with Crippen molar-refractivity contribution in [2.24, 2.45) is 5.92 Å². The molecule has 4 nitrogen and oxygen atoms in total. The summed E-state index contributed by atoms with van der Waals surface area (Å²) in [5, 5.41) is 9.06. The Kier molecular flexibility index (Phi) is 3.82. The lowest BCUT2D eigenvalue weighted by molar-refractivity contribution is -0.138. The number of rotatable bonds is 4. The Labute approximate surface area is 137 Å². The first kappa shape index (κ1) is 14.7. The smallest absolute Gasteiger partial charge is 0.222 e. The summed E-state index contributed by atoms with van der Waals surface area (Å²) in [4.78, 5) is 17.0. The van der Waals surface area contributed by atoms with Gasteiger partial charge < -0.3 is 4.90 Å². The van der Waals surface area contributed by atoms with E-state index in [4.69, 9.17) is 5.26 Å². The lowest BCUT2D eigenvalue weighted by Crippen LogP contribution is -2.52. The fraction of sp³-hybridized carbons (Fsp3) is 0.579. The highest BCUT2D eigenvalue weighted by Gasteiger charge is 2.44. The number of fused-ring (bicyclic) bond motifs is 1. The van der Waals surface area contributed by atoms with E-state index >= 15 is 0 Å². The molecular weight excluding hydrogens is 286 g/mol. The Morgan fingerprint density at radius 1 is 1.17 bits per heavy atom. The van der Waals surface area contributed by atoms with E-state index < -0.39 is 0 Å². The largest absolute Gasteiger partial charge is 0.338 e. The molecule has 120 valence electrons. The van der Waals surface area contributed by atoms with Crippen molar-refractivity contribution in [3.05, 3.63) is 35.4 Å². The molecule has 23 heavy (non-hydrogen) atoms. The van der Waals surface area contributed by atoms with Gasteiger partial charge in [0, 0.05) is 38.1 Å². The van der Waals surface area contributed by atoms with Crippen LogP contribution in [-0.2, 0) is 11.3 Å². The number of hydrogen-bond donors (Lipinski definition) is 0. The summed E-state index contributed by atoms with van der Waals surface area (Å²) in [6, 6.07) is 11.0. The van der Waals surface area contributed by atoms with Crippen molar-refractivity contribution < 1.29 is 4.79 Å². The van der Waals surface area contributed by atoms with Gasteiger partial charge in [0.25, 0.3) is 0 Å². The molecule has 2 heterocycles. The molecule has 4 rings (SSSR count). The van der Waals surface area contributed by atoms with Crippen molar-refractivity contribution in [1.82, 2.24) is 9.80 Å². The predicted octanol–water partition coefficient (Wildman–Crippen LogP) is 2.53. The number of hydrogen-bond acceptors (Lipinski definition) is 3. The number of nitrogens with zero attached hydrogens (tertiary/aromatic N) is 3. The van der Waals surface area contributed by atoms with Crippen LogP contribution < -0.4 is 0 Å². The summed E-state index contributed by atoms with van der Waals surface area (Å²) < 4.78 is 0. The van der Waals surface area contributed by atoms with E-state index in [0.717, 1.165) is 44.0 Å². The first-order chi connectivity index (χ1) is 11.2. The molecule has 4 heteroatoms. The molecule has 0 N–H and O–H groups in total. The number of carbonyl (C=O) groups excluding carboxylic acids is 1. The van der Waals surface area contributed by atoms with Gasteiger partial charge in [0.2, 0.25) is 5.91 Å². The number of nitriles is 1. The number of benzene rings is 1. The molecule has 3 fully saturated rings. The third kappa shape index (κ3) is 2.98. The van der Waals surface area contributed by atoms with E-state index in [1.165, 1.54) is 18.4 Å². The van der Waals surface area contributed by atoms with Crippen molar-refractivity contribution in [1.29, 1.82) is 5.26 Å². The molecule has 0 spiro atoms. The van der Waals surface area contributed by atoms with Crippen LogP contribution in [0.15, 0.2) is 24.3 Å². The molecule has 1 amide bonds. The van der Waals surface area contributed by atoms with Crippen molar-refractivity contribution in [2.75, 3.05) is 13.1 Å². The topological polar surface area (TPSA) is 47.3 Å². The van der Waals surface area contributed by atoms with E-state index in [-0.39, 0.29) is 0 Å². The average molecular weight is 309 g/mol. The summed E-state index contributed by atoms with van der Waals surface area (Å²) in [6.45, 7) is 2.93. The Morgan fingerprint density at radius 3 is 2.83 bits per heavy atom. The Morgan fingerprint density at radius 2 is 2.04 bits per heavy atom. The van der Waals surface area contributed by atoms with Gasteiger partial charge in [-0.05, 0) is 49.3 Å². The number of carbonyl (C=O) groups is 1. The number of amides is 1. The Hall–Kier alpha value is -1.86. The van der Waals surface area contributed by atoms with Crippen LogP contribution in [0.2, 0.25) is 0 Å². The van der Waals surface area contributed by atoms with Crippen LogP contribution in [0.25, 0.3) is 0 Å². The van der Waals surface area contributed by atoms with Crippen LogP contribution in [0.3, 0.4) is 0 Å². The van der Waals surface area contributed by atoms with Crippen LogP contribution in [0.4, 0.5) is 0 Å². The minimum Gasteiger partial charge on any atom is -0.338 e. The third-order valence-corrected chi connectivity index (χ3v) is 5.59. The van der Waals surface area contributed by atoms with Crippen molar-refractivity contribution in [2.45, 2.75) is 50.7 Å². The summed E-state index contributed by atoms with van der Waals surface area (Å²) in [5.74, 6) is 1.13. The van der Waals surface area contributed by atoms with Gasteiger partial charge in [0.1, 0.15) is 0 Å². The molecule has 0 aromatic heterocycles. The molecule has 1 aliphatic carbocycles. The summed E-state index contributed by atoms with van der Waals surface area (Å²) in [6.07, 6.45) is 5.38. The SMILES string of the molecule is N#Cc1cccc(CN2CC[C@H]3[C@@H]2CCC(=O)N3CC2CC2)c1. The highest BCUT2D eigenvalue weighted by Crippen LogP contribution is 2.37. The molecule has 2 aliphatic heterocycles. The molecule has 1 aromatic rings. The van der Waals surface area contributed by atoms with Gasteiger partial charge in [-0.15, -0.1) is 0 Å². The first-order valence-electron chi connectivity index (χ1n) is 8.77. The molecule has 2 saturated heterocycles.